The van der Waals surface area contributed by atoms with Crippen LogP contribution in [-0.4, -0.2) is 96.3 Å². The van der Waals surface area contributed by atoms with Crippen molar-refractivity contribution in [3.05, 3.63) is 125 Å². The second-order valence-corrected chi connectivity index (χ2v) is 20.7. The Hall–Kier alpha value is -9.44. The van der Waals surface area contributed by atoms with Gasteiger partial charge < -0.3 is 41.3 Å². The summed E-state index contributed by atoms with van der Waals surface area (Å²) in [6.07, 6.45) is 0. The van der Waals surface area contributed by atoms with Crippen LogP contribution in [-0.2, 0) is 0 Å². The molecule has 76 heavy (non-hydrogen) atoms. The van der Waals surface area contributed by atoms with Crippen LogP contribution >= 0.6 is 0 Å². The lowest BCUT2D eigenvalue weighted by atomic mass is 10.0. The van der Waals surface area contributed by atoms with E-state index in [1.807, 2.05) is 93.6 Å². The van der Waals surface area contributed by atoms with Crippen molar-refractivity contribution < 1.29 is 0 Å². The van der Waals surface area contributed by atoms with Crippen molar-refractivity contribution in [2.45, 2.75) is 27.7 Å². The zero-order valence-corrected chi connectivity index (χ0v) is 44.8. The quantitative estimate of drug-likeness (QED) is 0.0750. The zero-order valence-electron chi connectivity index (χ0n) is 44.8. The van der Waals surface area contributed by atoms with E-state index in [2.05, 4.69) is 129 Å². The number of fused-ring (bicyclic) bond motifs is 8. The molecule has 16 heteroatoms. The third kappa shape index (κ3) is 8.18. The summed E-state index contributed by atoms with van der Waals surface area (Å²) in [5, 5.41) is 11.8. The number of nitrogens with one attached hydrogen (secondary N) is 3. The fraction of sp³-hybridized carbons (Fsp3) is 0.200. The van der Waals surface area contributed by atoms with E-state index in [1.54, 1.807) is 0 Å². The molecule has 5 N–H and O–H groups in total. The molecule has 0 spiro atoms. The maximum Gasteiger partial charge on any atom is 0.115 e. The van der Waals surface area contributed by atoms with Crippen LogP contribution in [0, 0.1) is 27.7 Å². The number of benzene rings is 8. The molecule has 0 atom stereocenters. The number of anilines is 11. The molecule has 12 rings (SSSR count). The summed E-state index contributed by atoms with van der Waals surface area (Å²) in [6, 6.07) is 34.9. The Labute approximate surface area is 439 Å². The molecule has 4 aromatic heterocycles. The highest BCUT2D eigenvalue weighted by Crippen LogP contribution is 2.46. The molecule has 8 aromatic carbocycles. The van der Waals surface area contributed by atoms with Crippen LogP contribution < -0.4 is 41.3 Å². The molecular formula is C60H58N16. The summed E-state index contributed by atoms with van der Waals surface area (Å²) in [5.41, 5.74) is 31.7. The van der Waals surface area contributed by atoms with Crippen LogP contribution in [0.5, 0.6) is 0 Å². The van der Waals surface area contributed by atoms with Crippen molar-refractivity contribution in [3.63, 3.8) is 0 Å². The SMILES string of the molecule is Cc1cc2nc3ccc(N(C)C)cc3nc2cc1Nc1c(Nc2c(Nc3c(N)c(C)cc4nc5ccc(N(C)C)cc5nc34)c(C)cc3nc4ccc(N(C)C)cc4nc23)c(C)cc2nc3ccc(N(C)C)cc3nc12. The van der Waals surface area contributed by atoms with Gasteiger partial charge in [-0.2, -0.15) is 0 Å². The lowest BCUT2D eigenvalue weighted by Gasteiger charge is -2.24. The Kier molecular flexibility index (Phi) is 11.2. The molecule has 16 nitrogen and oxygen atoms in total. The first-order valence-corrected chi connectivity index (χ1v) is 25.2. The minimum atomic E-state index is 0.555. The van der Waals surface area contributed by atoms with Crippen LogP contribution in [0.1, 0.15) is 22.3 Å². The van der Waals surface area contributed by atoms with E-state index in [0.29, 0.717) is 44.8 Å². The van der Waals surface area contributed by atoms with Crippen molar-refractivity contribution in [1.29, 1.82) is 0 Å². The lowest BCUT2D eigenvalue weighted by Crippen LogP contribution is -2.10. The van der Waals surface area contributed by atoms with Gasteiger partial charge in [0.2, 0.25) is 0 Å². The molecular weight excluding hydrogens is 945 g/mol. The van der Waals surface area contributed by atoms with Gasteiger partial charge in [-0.1, -0.05) is 0 Å². The third-order valence-electron chi connectivity index (χ3n) is 14.4. The van der Waals surface area contributed by atoms with E-state index in [1.165, 1.54) is 0 Å². The van der Waals surface area contributed by atoms with Gasteiger partial charge in [-0.05, 0) is 153 Å². The number of nitrogen functional groups attached to an aromatic ring is 1. The van der Waals surface area contributed by atoms with Gasteiger partial charge in [-0.25, -0.2) is 39.9 Å². The largest absolute Gasteiger partial charge is 0.397 e. The smallest absolute Gasteiger partial charge is 0.115 e. The molecule has 0 unspecified atom stereocenters. The van der Waals surface area contributed by atoms with Gasteiger partial charge in [0.25, 0.3) is 0 Å². The van der Waals surface area contributed by atoms with E-state index < -0.39 is 0 Å². The predicted molar refractivity (Wildman–Crippen MR) is 319 cm³/mol. The van der Waals surface area contributed by atoms with Crippen molar-refractivity contribution in [3.8, 4) is 0 Å². The number of aryl methyl sites for hydroxylation is 4. The van der Waals surface area contributed by atoms with E-state index in [4.69, 9.17) is 45.6 Å². The molecule has 0 aliphatic heterocycles. The molecule has 378 valence electrons. The maximum atomic E-state index is 7.15. The van der Waals surface area contributed by atoms with E-state index >= 15 is 0 Å². The number of nitrogens with two attached hydrogens (primary N) is 1. The predicted octanol–water partition coefficient (Wildman–Crippen LogP) is 12.4. The molecule has 0 aliphatic rings. The molecule has 0 bridgehead atoms. The number of hydrogen-bond acceptors (Lipinski definition) is 16. The van der Waals surface area contributed by atoms with E-state index in [-0.39, 0.29) is 0 Å². The first-order valence-electron chi connectivity index (χ1n) is 25.2. The molecule has 0 saturated carbocycles. The van der Waals surface area contributed by atoms with Gasteiger partial charge in [0.05, 0.1) is 106 Å². The van der Waals surface area contributed by atoms with E-state index in [0.717, 1.165) is 128 Å². The summed E-state index contributed by atoms with van der Waals surface area (Å²) in [7, 11) is 16.2. The average molecular weight is 1000 g/mol. The Morgan fingerprint density at radius 1 is 0.289 bits per heavy atom. The van der Waals surface area contributed by atoms with Gasteiger partial charge in [0.15, 0.2) is 0 Å². The number of nitrogens with zero attached hydrogens (tertiary/aromatic N) is 12. The Bertz CT molecular complexity index is 4420. The van der Waals surface area contributed by atoms with Crippen LogP contribution in [0.15, 0.2) is 103 Å². The van der Waals surface area contributed by atoms with Crippen molar-refractivity contribution >= 4 is 151 Å². The van der Waals surface area contributed by atoms with Gasteiger partial charge in [-0.3, -0.25) is 0 Å². The standard InChI is InChI=1S/C60H58N16/c1-30-21-43-48(66-44-25-34(73(5)6)13-17-38(44)62-43)29-42(30)67-59-53(32(3)23-50-56(59)69-46-27-36(75(9)10)15-19-40(46)64-50)72-60-54(33(4)24-51-57(60)70-47-28-37(76(11)12)16-20-41(47)65-51)71-58-52(61)31(2)22-49-55(58)68-45-26-35(74(7)8)14-18-39(45)63-49/h13-29,67,71-72H,61H2,1-12H3. The van der Waals surface area contributed by atoms with Crippen LogP contribution in [0.25, 0.3) is 88.3 Å². The molecule has 12 aromatic rings. The number of aromatic nitrogens is 8. The molecule has 4 heterocycles. The number of rotatable bonds is 10. The van der Waals surface area contributed by atoms with Gasteiger partial charge >= 0.3 is 0 Å². The molecule has 0 fully saturated rings. The molecule has 0 amide bonds. The van der Waals surface area contributed by atoms with Gasteiger partial charge in [-0.15, -0.1) is 0 Å². The average Bonchev–Trinajstić information content (AvgIpc) is 3.45. The molecule has 0 radical (unpaired) electrons. The fourth-order valence-corrected chi connectivity index (χ4v) is 9.96. The minimum Gasteiger partial charge on any atom is -0.397 e. The van der Waals surface area contributed by atoms with Gasteiger partial charge in [0.1, 0.15) is 16.6 Å². The summed E-state index contributed by atoms with van der Waals surface area (Å²) < 4.78 is 0. The summed E-state index contributed by atoms with van der Waals surface area (Å²) in [5.74, 6) is 0. The fourth-order valence-electron chi connectivity index (χ4n) is 9.96. The first-order chi connectivity index (χ1) is 36.4. The van der Waals surface area contributed by atoms with Crippen molar-refractivity contribution in [1.82, 2.24) is 39.9 Å². The normalized spacial score (nSPS) is 11.7. The minimum absolute atomic E-state index is 0.555. The van der Waals surface area contributed by atoms with Crippen LogP contribution in [0.2, 0.25) is 0 Å². The first kappa shape index (κ1) is 47.6. The highest BCUT2D eigenvalue weighted by molar-refractivity contribution is 6.10. The monoisotopic (exact) mass is 1000 g/mol. The highest BCUT2D eigenvalue weighted by Gasteiger charge is 2.24. The molecule has 0 aliphatic carbocycles. The second kappa shape index (κ2) is 17.9. The van der Waals surface area contributed by atoms with Crippen molar-refractivity contribution in [2.24, 2.45) is 0 Å². The summed E-state index contributed by atoms with van der Waals surface area (Å²) >= 11 is 0. The third-order valence-corrected chi connectivity index (χ3v) is 14.4. The van der Waals surface area contributed by atoms with Crippen LogP contribution in [0.4, 0.5) is 62.6 Å². The van der Waals surface area contributed by atoms with Gasteiger partial charge in [0, 0.05) is 84.8 Å². The number of hydrogen-bond donors (Lipinski definition) is 4. The Balaban J connectivity index is 1.12. The topological polar surface area (TPSA) is 178 Å². The van der Waals surface area contributed by atoms with Crippen LogP contribution in [0.3, 0.4) is 0 Å². The summed E-state index contributed by atoms with van der Waals surface area (Å²) in [4.78, 5) is 50.3. The molecule has 0 saturated heterocycles. The second-order valence-electron chi connectivity index (χ2n) is 20.7. The van der Waals surface area contributed by atoms with Crippen molar-refractivity contribution in [2.75, 3.05) is 97.7 Å². The summed E-state index contributed by atoms with van der Waals surface area (Å²) in [6.45, 7) is 8.25. The lowest BCUT2D eigenvalue weighted by molar-refractivity contribution is 1.13. The Morgan fingerprint density at radius 3 is 1.01 bits per heavy atom. The zero-order chi connectivity index (χ0) is 53.0. The van der Waals surface area contributed by atoms with E-state index in [9.17, 15) is 0 Å². The Morgan fingerprint density at radius 2 is 0.592 bits per heavy atom. The highest BCUT2D eigenvalue weighted by atomic mass is 15.1. The maximum absolute atomic E-state index is 7.15.